The number of benzene rings is 1. The molecule has 0 spiro atoms. The molecule has 2 aromatic heterocycles. The van der Waals surface area contributed by atoms with Gasteiger partial charge in [-0.2, -0.15) is 0 Å². The number of nitrogens with zero attached hydrogens (tertiary/aromatic N) is 2. The molecule has 0 atom stereocenters. The highest BCUT2D eigenvalue weighted by molar-refractivity contribution is 9.10. The van der Waals surface area contributed by atoms with Crippen molar-refractivity contribution < 1.29 is 4.74 Å². The predicted molar refractivity (Wildman–Crippen MR) is 86.4 cm³/mol. The van der Waals surface area contributed by atoms with E-state index < -0.39 is 0 Å². The van der Waals surface area contributed by atoms with Gasteiger partial charge in [0.25, 0.3) is 0 Å². The van der Waals surface area contributed by atoms with Gasteiger partial charge in [-0.3, -0.25) is 0 Å². The van der Waals surface area contributed by atoms with Gasteiger partial charge in [0.2, 0.25) is 0 Å². The van der Waals surface area contributed by atoms with Gasteiger partial charge in [-0.15, -0.1) is 0 Å². The van der Waals surface area contributed by atoms with Gasteiger partial charge in [-0.05, 0) is 52.8 Å². The van der Waals surface area contributed by atoms with Crippen LogP contribution >= 0.6 is 15.9 Å². The fourth-order valence-corrected chi connectivity index (χ4v) is 2.72. The van der Waals surface area contributed by atoms with Crippen LogP contribution in [0.2, 0.25) is 0 Å². The van der Waals surface area contributed by atoms with Gasteiger partial charge in [0.1, 0.15) is 18.0 Å². The zero-order valence-corrected chi connectivity index (χ0v) is 13.3. The van der Waals surface area contributed by atoms with E-state index in [0.29, 0.717) is 6.61 Å². The molecular weight excluding hydrogens is 330 g/mol. The molecule has 3 rings (SSSR count). The molecule has 1 N–H and O–H groups in total. The Morgan fingerprint density at radius 1 is 1.29 bits per heavy atom. The number of hydrogen-bond donors (Lipinski definition) is 1. The highest BCUT2D eigenvalue weighted by atomic mass is 79.9. The molecule has 2 heterocycles. The Kier molecular flexibility index (Phi) is 4.22. The molecule has 1 aromatic carbocycles. The maximum atomic E-state index is 5.84. The van der Waals surface area contributed by atoms with Gasteiger partial charge in [0.15, 0.2) is 0 Å². The monoisotopic (exact) mass is 345 g/mol. The summed E-state index contributed by atoms with van der Waals surface area (Å²) in [5, 5.41) is 3.13. The molecule has 0 aliphatic rings. The molecule has 0 aliphatic heterocycles. The average molecular weight is 346 g/mol. The zero-order chi connectivity index (χ0) is 14.7. The molecular formula is C16H16BrN3O. The molecule has 3 aromatic rings. The third-order valence-electron chi connectivity index (χ3n) is 3.17. The van der Waals surface area contributed by atoms with Crippen molar-refractivity contribution in [1.29, 1.82) is 0 Å². The standard InChI is InChI=1S/C16H16BrN3O/c1-18-9-12-5-6-15(14(17)8-12)21-11-13-10-20-7-3-2-4-16(20)19-13/h2-8,10,18H,9,11H2,1H3. The third-order valence-corrected chi connectivity index (χ3v) is 3.79. The van der Waals surface area contributed by atoms with E-state index >= 15 is 0 Å². The Labute approximate surface area is 131 Å². The summed E-state index contributed by atoms with van der Waals surface area (Å²) >= 11 is 3.55. The number of nitrogens with one attached hydrogen (secondary N) is 1. The van der Waals surface area contributed by atoms with Crippen LogP contribution in [0.5, 0.6) is 5.75 Å². The minimum atomic E-state index is 0.450. The minimum absolute atomic E-state index is 0.450. The molecule has 0 aliphatic carbocycles. The van der Waals surface area contributed by atoms with Gasteiger partial charge >= 0.3 is 0 Å². The van der Waals surface area contributed by atoms with Crippen LogP contribution in [0.4, 0.5) is 0 Å². The van der Waals surface area contributed by atoms with Crippen molar-refractivity contribution in [3.05, 3.63) is 64.5 Å². The number of rotatable bonds is 5. The average Bonchev–Trinajstić information content (AvgIpc) is 2.89. The molecule has 21 heavy (non-hydrogen) atoms. The normalized spacial score (nSPS) is 11.0. The van der Waals surface area contributed by atoms with E-state index in [9.17, 15) is 0 Å². The van der Waals surface area contributed by atoms with E-state index in [1.807, 2.05) is 48.1 Å². The van der Waals surface area contributed by atoms with E-state index in [2.05, 4.69) is 38.4 Å². The number of pyridine rings is 1. The fraction of sp³-hybridized carbons (Fsp3) is 0.188. The number of fused-ring (bicyclic) bond motifs is 1. The maximum Gasteiger partial charge on any atom is 0.137 e. The van der Waals surface area contributed by atoms with Crippen molar-refractivity contribution >= 4 is 21.6 Å². The van der Waals surface area contributed by atoms with Crippen LogP contribution in [-0.2, 0) is 13.2 Å². The van der Waals surface area contributed by atoms with Crippen LogP contribution in [0.15, 0.2) is 53.3 Å². The SMILES string of the molecule is CNCc1ccc(OCc2cn3ccccc3n2)c(Br)c1. The second-order valence-electron chi connectivity index (χ2n) is 4.78. The van der Waals surface area contributed by atoms with E-state index in [1.54, 1.807) is 0 Å². The number of ether oxygens (including phenoxy) is 1. The van der Waals surface area contributed by atoms with Gasteiger partial charge < -0.3 is 14.5 Å². The van der Waals surface area contributed by atoms with Gasteiger partial charge in [0.05, 0.1) is 10.2 Å². The van der Waals surface area contributed by atoms with Crippen LogP contribution in [0.3, 0.4) is 0 Å². The Morgan fingerprint density at radius 3 is 2.95 bits per heavy atom. The topological polar surface area (TPSA) is 38.6 Å². The Morgan fingerprint density at radius 2 is 2.19 bits per heavy atom. The van der Waals surface area contributed by atoms with Crippen molar-refractivity contribution in [2.75, 3.05) is 7.05 Å². The number of imidazole rings is 1. The Hall–Kier alpha value is -1.85. The molecule has 0 fully saturated rings. The lowest BCUT2D eigenvalue weighted by molar-refractivity contribution is 0.300. The Bertz CT molecular complexity index is 721. The lowest BCUT2D eigenvalue weighted by Gasteiger charge is -2.08. The van der Waals surface area contributed by atoms with Crippen molar-refractivity contribution in [2.45, 2.75) is 13.2 Å². The second kappa shape index (κ2) is 6.28. The van der Waals surface area contributed by atoms with Crippen LogP contribution < -0.4 is 10.1 Å². The molecule has 0 saturated carbocycles. The first kappa shape index (κ1) is 14.1. The van der Waals surface area contributed by atoms with Crippen molar-refractivity contribution in [1.82, 2.24) is 14.7 Å². The van der Waals surface area contributed by atoms with Crippen LogP contribution in [-0.4, -0.2) is 16.4 Å². The third kappa shape index (κ3) is 3.25. The zero-order valence-electron chi connectivity index (χ0n) is 11.7. The van der Waals surface area contributed by atoms with Crippen LogP contribution in [0.1, 0.15) is 11.3 Å². The number of aromatic nitrogens is 2. The van der Waals surface area contributed by atoms with Crippen molar-refractivity contribution in [2.24, 2.45) is 0 Å². The molecule has 0 amide bonds. The first-order valence-electron chi connectivity index (χ1n) is 6.75. The maximum absolute atomic E-state index is 5.84. The summed E-state index contributed by atoms with van der Waals surface area (Å²) in [6.45, 7) is 1.29. The molecule has 4 nitrogen and oxygen atoms in total. The lowest BCUT2D eigenvalue weighted by atomic mass is 10.2. The predicted octanol–water partition coefficient (Wildman–Crippen LogP) is 3.40. The summed E-state index contributed by atoms with van der Waals surface area (Å²) in [5.41, 5.74) is 3.05. The smallest absolute Gasteiger partial charge is 0.137 e. The number of hydrogen-bond acceptors (Lipinski definition) is 3. The summed E-state index contributed by atoms with van der Waals surface area (Å²) < 4.78 is 8.79. The van der Waals surface area contributed by atoms with Gasteiger partial charge in [-0.25, -0.2) is 4.98 Å². The van der Waals surface area contributed by atoms with Crippen LogP contribution in [0.25, 0.3) is 5.65 Å². The summed E-state index contributed by atoms with van der Waals surface area (Å²) in [6, 6.07) is 12.0. The molecule has 0 radical (unpaired) electrons. The van der Waals surface area contributed by atoms with E-state index in [1.165, 1.54) is 5.56 Å². The summed E-state index contributed by atoms with van der Waals surface area (Å²) in [7, 11) is 1.93. The first-order chi connectivity index (χ1) is 10.3. The Balaban J connectivity index is 1.72. The van der Waals surface area contributed by atoms with Crippen molar-refractivity contribution in [3.63, 3.8) is 0 Å². The van der Waals surface area contributed by atoms with Crippen LogP contribution in [0, 0.1) is 0 Å². The molecule has 5 heteroatoms. The molecule has 0 bridgehead atoms. The molecule has 0 saturated heterocycles. The summed E-state index contributed by atoms with van der Waals surface area (Å²) in [6.07, 6.45) is 3.97. The lowest BCUT2D eigenvalue weighted by Crippen LogP contribution is -2.05. The highest BCUT2D eigenvalue weighted by Gasteiger charge is 2.05. The van der Waals surface area contributed by atoms with E-state index in [0.717, 1.165) is 28.1 Å². The summed E-state index contributed by atoms with van der Waals surface area (Å²) in [5.74, 6) is 0.826. The molecule has 0 unspecified atom stereocenters. The highest BCUT2D eigenvalue weighted by Crippen LogP contribution is 2.26. The first-order valence-corrected chi connectivity index (χ1v) is 7.54. The van der Waals surface area contributed by atoms with E-state index in [4.69, 9.17) is 4.74 Å². The van der Waals surface area contributed by atoms with Crippen molar-refractivity contribution in [3.8, 4) is 5.75 Å². The minimum Gasteiger partial charge on any atom is -0.486 e. The van der Waals surface area contributed by atoms with Gasteiger partial charge in [-0.1, -0.05) is 12.1 Å². The molecule has 108 valence electrons. The van der Waals surface area contributed by atoms with Gasteiger partial charge in [0, 0.05) is 18.9 Å². The second-order valence-corrected chi connectivity index (χ2v) is 5.64. The van der Waals surface area contributed by atoms with E-state index in [-0.39, 0.29) is 0 Å². The quantitative estimate of drug-likeness (QED) is 0.770. The largest absolute Gasteiger partial charge is 0.486 e. The number of halogens is 1. The summed E-state index contributed by atoms with van der Waals surface area (Å²) in [4.78, 5) is 4.52. The fourth-order valence-electron chi connectivity index (χ4n) is 2.18.